The summed E-state index contributed by atoms with van der Waals surface area (Å²) < 4.78 is 4.83. The van der Waals surface area contributed by atoms with Crippen LogP contribution in [0.25, 0.3) is 0 Å². The predicted octanol–water partition coefficient (Wildman–Crippen LogP) is -0.952. The molecule has 0 saturated carbocycles. The molecule has 60 valence electrons. The van der Waals surface area contributed by atoms with Crippen LogP contribution in [0.15, 0.2) is 0 Å². The van der Waals surface area contributed by atoms with Gasteiger partial charge in [0.05, 0.1) is 13.3 Å². The molecular weight excluding hydrogens is 130 g/mol. The van der Waals surface area contributed by atoms with Gasteiger partial charge in [-0.15, -0.1) is 0 Å². The highest BCUT2D eigenvalue weighted by molar-refractivity contribution is 4.51. The molecular formula is C6H15N3O. The second-order valence-corrected chi connectivity index (χ2v) is 2.26. The molecule has 2 fully saturated rings. The van der Waals surface area contributed by atoms with Crippen molar-refractivity contribution in [2.24, 2.45) is 0 Å². The van der Waals surface area contributed by atoms with Crippen molar-refractivity contribution in [3.8, 4) is 0 Å². The van der Waals surface area contributed by atoms with E-state index in [9.17, 15) is 0 Å². The van der Waals surface area contributed by atoms with Gasteiger partial charge in [0.25, 0.3) is 0 Å². The highest BCUT2D eigenvalue weighted by Crippen LogP contribution is 1.75. The van der Waals surface area contributed by atoms with Crippen molar-refractivity contribution in [3.63, 3.8) is 0 Å². The van der Waals surface area contributed by atoms with E-state index in [1.54, 1.807) is 0 Å². The maximum Gasteiger partial charge on any atom is 0.0966 e. The van der Waals surface area contributed by atoms with E-state index in [2.05, 4.69) is 16.2 Å². The van der Waals surface area contributed by atoms with E-state index in [0.717, 1.165) is 33.0 Å². The number of ether oxygens (including phenoxy) is 1. The molecule has 4 heteroatoms. The normalized spacial score (nSPS) is 24.0. The third-order valence-corrected chi connectivity index (χ3v) is 1.36. The van der Waals surface area contributed by atoms with Crippen LogP contribution < -0.4 is 16.2 Å². The second kappa shape index (κ2) is 5.61. The third-order valence-electron chi connectivity index (χ3n) is 1.36. The van der Waals surface area contributed by atoms with Gasteiger partial charge in [0, 0.05) is 19.6 Å². The monoisotopic (exact) mass is 145 g/mol. The van der Waals surface area contributed by atoms with E-state index >= 15 is 0 Å². The van der Waals surface area contributed by atoms with E-state index in [0.29, 0.717) is 0 Å². The van der Waals surface area contributed by atoms with E-state index in [1.807, 2.05) is 0 Å². The Morgan fingerprint density at radius 2 is 1.80 bits per heavy atom. The largest absolute Gasteiger partial charge is 0.365 e. The van der Waals surface area contributed by atoms with Gasteiger partial charge in [-0.05, 0) is 6.42 Å². The summed E-state index contributed by atoms with van der Waals surface area (Å²) in [6.07, 6.45) is 1.28. The first-order chi connectivity index (χ1) is 5.00. The van der Waals surface area contributed by atoms with Crippen LogP contribution in [0, 0.1) is 0 Å². The summed E-state index contributed by atoms with van der Waals surface area (Å²) in [5.41, 5.74) is 5.94. The number of rotatable bonds is 0. The van der Waals surface area contributed by atoms with Crippen LogP contribution >= 0.6 is 0 Å². The van der Waals surface area contributed by atoms with Crippen LogP contribution in [0.1, 0.15) is 6.42 Å². The molecule has 3 N–H and O–H groups in total. The average molecular weight is 145 g/mol. The van der Waals surface area contributed by atoms with Gasteiger partial charge in [0.2, 0.25) is 0 Å². The maximum absolute atomic E-state index is 4.83. The summed E-state index contributed by atoms with van der Waals surface area (Å²) in [5.74, 6) is 0. The minimum absolute atomic E-state index is 0.750. The molecule has 0 radical (unpaired) electrons. The van der Waals surface area contributed by atoms with Gasteiger partial charge in [0.15, 0.2) is 0 Å². The van der Waals surface area contributed by atoms with Crippen molar-refractivity contribution < 1.29 is 4.74 Å². The minimum Gasteiger partial charge on any atom is -0.365 e. The van der Waals surface area contributed by atoms with Crippen LogP contribution in [0.3, 0.4) is 0 Å². The summed E-state index contributed by atoms with van der Waals surface area (Å²) in [6, 6.07) is 0. The van der Waals surface area contributed by atoms with Crippen molar-refractivity contribution in [1.29, 1.82) is 0 Å². The van der Waals surface area contributed by atoms with Crippen LogP contribution in [-0.4, -0.2) is 33.0 Å². The molecule has 4 nitrogen and oxygen atoms in total. The Kier molecular flexibility index (Phi) is 4.46. The van der Waals surface area contributed by atoms with Gasteiger partial charge in [-0.3, -0.25) is 16.2 Å². The van der Waals surface area contributed by atoms with Crippen molar-refractivity contribution >= 4 is 0 Å². The average Bonchev–Trinajstić information content (AvgIpc) is 2.67. The maximum atomic E-state index is 4.83. The SMILES string of the molecule is C1CNNC1.C1COCN1. The Bertz CT molecular complexity index is 46.2. The Balaban J connectivity index is 0.0000001000. The molecule has 2 heterocycles. The molecule has 0 aromatic heterocycles. The molecule has 0 unspecified atom stereocenters. The van der Waals surface area contributed by atoms with E-state index in [-0.39, 0.29) is 0 Å². The fourth-order valence-corrected chi connectivity index (χ4v) is 0.803. The van der Waals surface area contributed by atoms with E-state index in [4.69, 9.17) is 4.74 Å². The third kappa shape index (κ3) is 3.79. The lowest BCUT2D eigenvalue weighted by Crippen LogP contribution is -2.21. The van der Waals surface area contributed by atoms with E-state index < -0.39 is 0 Å². The Morgan fingerprint density at radius 3 is 2.00 bits per heavy atom. The lowest BCUT2D eigenvalue weighted by Gasteiger charge is -1.81. The zero-order valence-electron chi connectivity index (χ0n) is 6.15. The zero-order valence-corrected chi connectivity index (χ0v) is 6.15. The molecule has 0 aliphatic carbocycles. The topological polar surface area (TPSA) is 45.3 Å². The fraction of sp³-hybridized carbons (Fsp3) is 1.00. The molecule has 0 spiro atoms. The Morgan fingerprint density at radius 1 is 1.00 bits per heavy atom. The quantitative estimate of drug-likeness (QED) is 0.411. The first-order valence-electron chi connectivity index (χ1n) is 3.74. The van der Waals surface area contributed by atoms with Crippen LogP contribution in [0.5, 0.6) is 0 Å². The standard InChI is InChI=1S/C3H8N2.C3H7NO/c1-2-4-5-3-1;1-2-5-3-4-1/h4-5H,1-3H2;4H,1-3H2. The molecule has 0 aromatic carbocycles. The van der Waals surface area contributed by atoms with Gasteiger partial charge in [0.1, 0.15) is 0 Å². The highest BCUT2D eigenvalue weighted by atomic mass is 16.5. The summed E-state index contributed by atoms with van der Waals surface area (Å²) in [5, 5.41) is 3.00. The van der Waals surface area contributed by atoms with Crippen molar-refractivity contribution in [3.05, 3.63) is 0 Å². The molecule has 2 aliphatic heterocycles. The highest BCUT2D eigenvalue weighted by Gasteiger charge is 1.92. The van der Waals surface area contributed by atoms with Gasteiger partial charge in [-0.25, -0.2) is 0 Å². The lowest BCUT2D eigenvalue weighted by molar-refractivity contribution is 0.194. The van der Waals surface area contributed by atoms with Crippen molar-refractivity contribution in [2.75, 3.05) is 33.0 Å². The summed E-state index contributed by atoms with van der Waals surface area (Å²) in [4.78, 5) is 0. The summed E-state index contributed by atoms with van der Waals surface area (Å²) in [6.45, 7) is 4.94. The second-order valence-electron chi connectivity index (χ2n) is 2.26. The molecule has 2 aliphatic rings. The number of nitrogens with one attached hydrogen (secondary N) is 3. The summed E-state index contributed by atoms with van der Waals surface area (Å²) >= 11 is 0. The molecule has 0 amide bonds. The number of hydrogen-bond donors (Lipinski definition) is 3. The van der Waals surface area contributed by atoms with Crippen molar-refractivity contribution in [2.45, 2.75) is 6.42 Å². The zero-order chi connectivity index (χ0) is 7.07. The molecule has 0 bridgehead atoms. The Hall–Kier alpha value is -0.160. The van der Waals surface area contributed by atoms with Gasteiger partial charge in [-0.1, -0.05) is 0 Å². The fourth-order valence-electron chi connectivity index (χ4n) is 0.803. The summed E-state index contributed by atoms with van der Waals surface area (Å²) in [7, 11) is 0. The smallest absolute Gasteiger partial charge is 0.0966 e. The molecule has 0 aromatic rings. The minimum atomic E-state index is 0.750. The Labute approximate surface area is 61.3 Å². The first-order valence-corrected chi connectivity index (χ1v) is 3.74. The van der Waals surface area contributed by atoms with E-state index in [1.165, 1.54) is 6.42 Å². The van der Waals surface area contributed by atoms with Crippen LogP contribution in [-0.2, 0) is 4.74 Å². The number of hydrogen-bond acceptors (Lipinski definition) is 4. The molecule has 2 rings (SSSR count). The molecule has 2 saturated heterocycles. The molecule has 0 atom stereocenters. The molecule has 10 heavy (non-hydrogen) atoms. The van der Waals surface area contributed by atoms with Gasteiger partial charge in [-0.2, -0.15) is 0 Å². The van der Waals surface area contributed by atoms with Crippen LogP contribution in [0.4, 0.5) is 0 Å². The number of hydrazine groups is 1. The first kappa shape index (κ1) is 7.94. The van der Waals surface area contributed by atoms with Crippen LogP contribution in [0.2, 0.25) is 0 Å². The lowest BCUT2D eigenvalue weighted by atomic mass is 10.5. The predicted molar refractivity (Wildman–Crippen MR) is 39.4 cm³/mol. The van der Waals surface area contributed by atoms with Gasteiger partial charge >= 0.3 is 0 Å². The van der Waals surface area contributed by atoms with Gasteiger partial charge < -0.3 is 4.74 Å². The van der Waals surface area contributed by atoms with Crippen molar-refractivity contribution in [1.82, 2.24) is 16.2 Å².